The van der Waals surface area contributed by atoms with Crippen molar-refractivity contribution in [2.45, 2.75) is 109 Å². The lowest BCUT2D eigenvalue weighted by molar-refractivity contribution is -0.201. The van der Waals surface area contributed by atoms with Gasteiger partial charge >= 0.3 is 5.97 Å². The number of carbonyl (C=O) groups is 1. The first-order chi connectivity index (χ1) is 14.6. The van der Waals surface area contributed by atoms with E-state index in [9.17, 15) is 22.4 Å². The maximum atomic E-state index is 14.4. The van der Waals surface area contributed by atoms with Gasteiger partial charge < -0.3 is 14.2 Å². The number of hydrogen-bond acceptors (Lipinski definition) is 4. The second kappa shape index (κ2) is 15.0. The van der Waals surface area contributed by atoms with Crippen molar-refractivity contribution in [3.8, 4) is 0 Å². The Bertz CT molecular complexity index is 477. The van der Waals surface area contributed by atoms with Crippen molar-refractivity contribution in [2.75, 3.05) is 26.4 Å². The van der Waals surface area contributed by atoms with E-state index in [0.29, 0.717) is 38.9 Å². The largest absolute Gasteiger partial charge is 0.453 e. The van der Waals surface area contributed by atoms with E-state index < -0.39 is 36.9 Å². The van der Waals surface area contributed by atoms with Gasteiger partial charge in [0.15, 0.2) is 6.10 Å². The van der Waals surface area contributed by atoms with Crippen LogP contribution in [0.25, 0.3) is 0 Å². The molecule has 1 aliphatic rings. The molecular formula is C23H40F4O4. The van der Waals surface area contributed by atoms with Crippen LogP contribution in [0.3, 0.4) is 0 Å². The minimum atomic E-state index is -3.87. The van der Waals surface area contributed by atoms with E-state index in [4.69, 9.17) is 14.2 Å². The summed E-state index contributed by atoms with van der Waals surface area (Å²) in [7, 11) is 0. The molecule has 0 aromatic heterocycles. The number of unbranched alkanes of at least 4 members (excludes halogenated alkanes) is 6. The molecule has 184 valence electrons. The van der Waals surface area contributed by atoms with Crippen molar-refractivity contribution >= 4 is 5.97 Å². The Kier molecular flexibility index (Phi) is 13.7. The van der Waals surface area contributed by atoms with Gasteiger partial charge in [0, 0.05) is 26.2 Å². The van der Waals surface area contributed by atoms with Crippen LogP contribution in [0, 0.1) is 5.92 Å². The van der Waals surface area contributed by atoms with Gasteiger partial charge in [-0.15, -0.1) is 0 Å². The number of ether oxygens (including phenoxy) is 3. The third-order valence-corrected chi connectivity index (χ3v) is 5.56. The van der Waals surface area contributed by atoms with Crippen LogP contribution in [-0.2, 0) is 19.0 Å². The summed E-state index contributed by atoms with van der Waals surface area (Å²) in [5, 5.41) is 0. The van der Waals surface area contributed by atoms with Crippen LogP contribution in [0.2, 0.25) is 0 Å². The first-order valence-electron chi connectivity index (χ1n) is 11.7. The molecule has 1 saturated heterocycles. The minimum absolute atomic E-state index is 0.00491. The lowest BCUT2D eigenvalue weighted by atomic mass is 9.97. The van der Waals surface area contributed by atoms with Crippen LogP contribution in [0.1, 0.15) is 90.9 Å². The molecule has 1 aliphatic heterocycles. The van der Waals surface area contributed by atoms with Gasteiger partial charge in [0.1, 0.15) is 0 Å². The predicted molar refractivity (Wildman–Crippen MR) is 112 cm³/mol. The monoisotopic (exact) mass is 456 g/mol. The van der Waals surface area contributed by atoms with E-state index in [-0.39, 0.29) is 13.0 Å². The molecule has 8 heteroatoms. The van der Waals surface area contributed by atoms with Crippen LogP contribution in [0.5, 0.6) is 0 Å². The summed E-state index contributed by atoms with van der Waals surface area (Å²) in [4.78, 5) is 12.1. The van der Waals surface area contributed by atoms with Crippen LogP contribution in [0.4, 0.5) is 17.6 Å². The van der Waals surface area contributed by atoms with Crippen LogP contribution in [-0.4, -0.2) is 50.3 Å². The predicted octanol–water partition coefficient (Wildman–Crippen LogP) is 6.55. The third kappa shape index (κ3) is 14.0. The maximum Gasteiger partial charge on any atom is 0.306 e. The van der Waals surface area contributed by atoms with Crippen molar-refractivity contribution in [3.05, 3.63) is 0 Å². The lowest BCUT2D eigenvalue weighted by Crippen LogP contribution is -2.44. The summed E-state index contributed by atoms with van der Waals surface area (Å²) < 4.78 is 70.9. The first-order valence-corrected chi connectivity index (χ1v) is 11.7. The molecule has 1 fully saturated rings. The van der Waals surface area contributed by atoms with Crippen LogP contribution in [0.15, 0.2) is 0 Å². The SMILES string of the molecule is CCCCCCCCCC(=O)OC(COCCC1CCOCC1)C(F)(F)CC(C)(F)F. The summed E-state index contributed by atoms with van der Waals surface area (Å²) >= 11 is 0. The van der Waals surface area contributed by atoms with Gasteiger partial charge in [0.25, 0.3) is 11.8 Å². The molecule has 4 nitrogen and oxygen atoms in total. The van der Waals surface area contributed by atoms with E-state index in [0.717, 1.165) is 44.9 Å². The molecular weight excluding hydrogens is 416 g/mol. The van der Waals surface area contributed by atoms with Gasteiger partial charge in [-0.2, -0.15) is 0 Å². The number of carbonyl (C=O) groups excluding carboxylic acids is 1. The standard InChI is InChI=1S/C23H40F4O4/c1-3-4-5-6-7-8-9-10-21(28)31-20(23(26,27)18-22(2,24)25)17-30-16-13-19-11-14-29-15-12-19/h19-20H,3-18H2,1-2H3. The Morgan fingerprint density at radius 1 is 1.03 bits per heavy atom. The summed E-state index contributed by atoms with van der Waals surface area (Å²) in [6, 6.07) is 0. The number of hydrogen-bond donors (Lipinski definition) is 0. The molecule has 1 unspecified atom stereocenters. The van der Waals surface area contributed by atoms with Crippen molar-refractivity contribution < 1.29 is 36.6 Å². The highest BCUT2D eigenvalue weighted by Crippen LogP contribution is 2.34. The average Bonchev–Trinajstić information content (AvgIpc) is 2.68. The van der Waals surface area contributed by atoms with Crippen molar-refractivity contribution in [1.29, 1.82) is 0 Å². The second-order valence-corrected chi connectivity index (χ2v) is 8.78. The summed E-state index contributed by atoms with van der Waals surface area (Å²) in [6.45, 7) is 3.54. The molecule has 0 aromatic carbocycles. The Balaban J connectivity index is 2.44. The van der Waals surface area contributed by atoms with Gasteiger partial charge in [-0.25, -0.2) is 17.6 Å². The van der Waals surface area contributed by atoms with Gasteiger partial charge in [0.05, 0.1) is 13.0 Å². The van der Waals surface area contributed by atoms with E-state index in [1.54, 1.807) is 0 Å². The topological polar surface area (TPSA) is 44.8 Å². The number of alkyl halides is 4. The molecule has 0 spiro atoms. The highest BCUT2D eigenvalue weighted by atomic mass is 19.3. The smallest absolute Gasteiger partial charge is 0.306 e. The molecule has 1 heterocycles. The zero-order valence-electron chi connectivity index (χ0n) is 19.1. The normalized spacial score (nSPS) is 17.0. The molecule has 0 bridgehead atoms. The number of halogens is 4. The van der Waals surface area contributed by atoms with E-state index in [1.807, 2.05) is 0 Å². The third-order valence-electron chi connectivity index (χ3n) is 5.56. The highest BCUT2D eigenvalue weighted by molar-refractivity contribution is 5.69. The zero-order valence-corrected chi connectivity index (χ0v) is 19.1. The zero-order chi connectivity index (χ0) is 23.2. The molecule has 0 amide bonds. The van der Waals surface area contributed by atoms with Gasteiger partial charge in [-0.1, -0.05) is 45.4 Å². The van der Waals surface area contributed by atoms with Gasteiger partial charge in [0.2, 0.25) is 0 Å². The summed E-state index contributed by atoms with van der Waals surface area (Å²) in [5.41, 5.74) is 0. The minimum Gasteiger partial charge on any atom is -0.453 e. The van der Waals surface area contributed by atoms with Crippen LogP contribution >= 0.6 is 0 Å². The van der Waals surface area contributed by atoms with E-state index in [1.165, 1.54) is 6.42 Å². The molecule has 1 atom stereocenters. The van der Waals surface area contributed by atoms with Crippen LogP contribution < -0.4 is 0 Å². The summed E-state index contributed by atoms with van der Waals surface area (Å²) in [5.74, 6) is -7.83. The molecule has 0 saturated carbocycles. The molecule has 0 N–H and O–H groups in total. The first kappa shape index (κ1) is 28.1. The summed E-state index contributed by atoms with van der Waals surface area (Å²) in [6.07, 6.45) is 5.65. The Hall–Kier alpha value is -0.890. The molecule has 31 heavy (non-hydrogen) atoms. The molecule has 1 rings (SSSR count). The van der Waals surface area contributed by atoms with E-state index in [2.05, 4.69) is 6.92 Å². The van der Waals surface area contributed by atoms with Gasteiger partial charge in [-0.05, 0) is 38.5 Å². The highest BCUT2D eigenvalue weighted by Gasteiger charge is 2.48. The maximum absolute atomic E-state index is 14.4. The fourth-order valence-electron chi connectivity index (χ4n) is 3.69. The number of rotatable bonds is 17. The van der Waals surface area contributed by atoms with Crippen molar-refractivity contribution in [3.63, 3.8) is 0 Å². The fourth-order valence-corrected chi connectivity index (χ4v) is 3.69. The Labute approximate surface area is 184 Å². The van der Waals surface area contributed by atoms with Crippen molar-refractivity contribution in [1.82, 2.24) is 0 Å². The van der Waals surface area contributed by atoms with Gasteiger partial charge in [-0.3, -0.25) is 4.79 Å². The number of esters is 1. The lowest BCUT2D eigenvalue weighted by Gasteiger charge is -2.29. The second-order valence-electron chi connectivity index (χ2n) is 8.78. The van der Waals surface area contributed by atoms with E-state index >= 15 is 0 Å². The average molecular weight is 457 g/mol. The Morgan fingerprint density at radius 2 is 1.65 bits per heavy atom. The molecule has 0 aliphatic carbocycles. The Morgan fingerprint density at radius 3 is 2.26 bits per heavy atom. The quantitative estimate of drug-likeness (QED) is 0.141. The van der Waals surface area contributed by atoms with Crippen molar-refractivity contribution in [2.24, 2.45) is 5.92 Å². The molecule has 0 radical (unpaired) electrons. The molecule has 0 aromatic rings. The fraction of sp³-hybridized carbons (Fsp3) is 0.957.